The molecule has 1 aliphatic carbocycles. The summed E-state index contributed by atoms with van der Waals surface area (Å²) in [6.45, 7) is 5.19. The molecule has 2 aliphatic rings. The monoisotopic (exact) mass is 346 g/mol. The van der Waals surface area contributed by atoms with Gasteiger partial charge in [-0.25, -0.2) is 0 Å². The fraction of sp³-hybridized carbons (Fsp3) is 0.500. The Labute approximate surface area is 145 Å². The number of rotatable bonds is 4. The molecule has 6 heteroatoms. The number of aliphatic hydroxyl groups excluding tert-OH is 2. The molecule has 2 aromatic rings. The summed E-state index contributed by atoms with van der Waals surface area (Å²) in [4.78, 5) is 14.9. The van der Waals surface area contributed by atoms with Crippen LogP contribution in [0.5, 0.6) is 0 Å². The number of fused-ring (bicyclic) bond motifs is 1. The van der Waals surface area contributed by atoms with E-state index >= 15 is 0 Å². The number of likely N-dealkylation sites (tertiary alicyclic amines) is 1. The van der Waals surface area contributed by atoms with Crippen molar-refractivity contribution in [3.63, 3.8) is 0 Å². The van der Waals surface area contributed by atoms with E-state index in [-0.39, 0.29) is 30.0 Å². The first-order chi connectivity index (χ1) is 11.5. The number of nitrogens with zero attached hydrogens (tertiary/aromatic N) is 2. The minimum Gasteiger partial charge on any atom is -0.396 e. The minimum atomic E-state index is -0.299. The fourth-order valence-electron chi connectivity index (χ4n) is 4.32. The van der Waals surface area contributed by atoms with Gasteiger partial charge in [-0.15, -0.1) is 11.3 Å². The first-order valence-electron chi connectivity index (χ1n) is 8.21. The predicted molar refractivity (Wildman–Crippen MR) is 92.7 cm³/mol. The van der Waals surface area contributed by atoms with Crippen molar-refractivity contribution in [2.24, 2.45) is 10.8 Å². The summed E-state index contributed by atoms with van der Waals surface area (Å²) in [6.07, 6.45) is 0.809. The molecule has 0 unspecified atom stereocenters. The molecule has 1 amide bonds. The highest BCUT2D eigenvalue weighted by Gasteiger charge is 2.72. The lowest BCUT2D eigenvalue weighted by molar-refractivity contribution is 0.0742. The first-order valence-corrected chi connectivity index (χ1v) is 9.09. The van der Waals surface area contributed by atoms with Gasteiger partial charge < -0.3 is 19.7 Å². The quantitative estimate of drug-likeness (QED) is 0.890. The second-order valence-electron chi connectivity index (χ2n) is 7.31. The summed E-state index contributed by atoms with van der Waals surface area (Å²) in [5.74, 6) is -0.00778. The summed E-state index contributed by atoms with van der Waals surface area (Å²) >= 11 is 1.56. The van der Waals surface area contributed by atoms with Gasteiger partial charge in [-0.3, -0.25) is 4.79 Å². The highest BCUT2D eigenvalue weighted by molar-refractivity contribution is 7.13. The standard InChI is InChI=1S/C18H22N2O3S/c1-12-3-4-13(2)20(12)16-14(5-6-24-16)15(23)19-8-17(10-21)7-18(17,9-19)11-22/h3-6,21-22H,7-11H2,1-2H3/t17-,18+. The topological polar surface area (TPSA) is 65.7 Å². The van der Waals surface area contributed by atoms with Crippen LogP contribution in [-0.2, 0) is 0 Å². The lowest BCUT2D eigenvalue weighted by atomic mass is 9.98. The van der Waals surface area contributed by atoms with E-state index in [9.17, 15) is 15.0 Å². The van der Waals surface area contributed by atoms with Crippen molar-refractivity contribution in [2.45, 2.75) is 20.3 Å². The fourth-order valence-corrected chi connectivity index (χ4v) is 5.33. The van der Waals surface area contributed by atoms with Gasteiger partial charge >= 0.3 is 0 Å². The van der Waals surface area contributed by atoms with Crippen molar-refractivity contribution < 1.29 is 15.0 Å². The van der Waals surface area contributed by atoms with Crippen LogP contribution in [-0.4, -0.2) is 51.9 Å². The molecule has 128 valence electrons. The number of hydrogen-bond donors (Lipinski definition) is 2. The zero-order valence-electron chi connectivity index (χ0n) is 14.0. The molecule has 3 heterocycles. The van der Waals surface area contributed by atoms with Gasteiger partial charge in [-0.2, -0.15) is 0 Å². The van der Waals surface area contributed by atoms with Crippen molar-refractivity contribution in [1.29, 1.82) is 0 Å². The summed E-state index contributed by atoms with van der Waals surface area (Å²) in [5.41, 5.74) is 2.31. The van der Waals surface area contributed by atoms with Crippen LogP contribution in [0.25, 0.3) is 5.00 Å². The van der Waals surface area contributed by atoms with Crippen molar-refractivity contribution >= 4 is 17.2 Å². The van der Waals surface area contributed by atoms with E-state index in [1.807, 2.05) is 25.3 Å². The molecule has 24 heavy (non-hydrogen) atoms. The van der Waals surface area contributed by atoms with Crippen LogP contribution in [0.15, 0.2) is 23.6 Å². The normalized spacial score (nSPS) is 28.2. The number of aliphatic hydroxyl groups is 2. The molecule has 0 radical (unpaired) electrons. The Bertz CT molecular complexity index is 774. The molecule has 2 atom stereocenters. The van der Waals surface area contributed by atoms with Gasteiger partial charge in [0.15, 0.2) is 0 Å². The van der Waals surface area contributed by atoms with Gasteiger partial charge in [0, 0.05) is 35.3 Å². The largest absolute Gasteiger partial charge is 0.396 e. The summed E-state index contributed by atoms with van der Waals surface area (Å²) in [7, 11) is 0. The van der Waals surface area contributed by atoms with Gasteiger partial charge in [-0.1, -0.05) is 0 Å². The van der Waals surface area contributed by atoms with Crippen LogP contribution in [0.1, 0.15) is 28.2 Å². The lowest BCUT2D eigenvalue weighted by Crippen LogP contribution is -2.33. The van der Waals surface area contributed by atoms with Crippen molar-refractivity contribution in [2.75, 3.05) is 26.3 Å². The first kappa shape index (κ1) is 15.9. The molecule has 5 nitrogen and oxygen atoms in total. The Morgan fingerprint density at radius 2 is 1.71 bits per heavy atom. The van der Waals surface area contributed by atoms with Crippen LogP contribution in [0.3, 0.4) is 0 Å². The Morgan fingerprint density at radius 3 is 2.25 bits per heavy atom. The molecule has 1 saturated carbocycles. The Balaban J connectivity index is 1.65. The molecule has 0 spiro atoms. The second-order valence-corrected chi connectivity index (χ2v) is 8.20. The highest BCUT2D eigenvalue weighted by Crippen LogP contribution is 2.67. The molecule has 0 bridgehead atoms. The predicted octanol–water partition coefficient (Wildman–Crippen LogP) is 1.97. The molecule has 1 saturated heterocycles. The number of carbonyl (C=O) groups is 1. The molecule has 4 rings (SSSR count). The summed E-state index contributed by atoms with van der Waals surface area (Å²) in [5, 5.41) is 22.3. The van der Waals surface area contributed by atoms with Crippen LogP contribution < -0.4 is 0 Å². The van der Waals surface area contributed by atoms with Gasteiger partial charge in [0.25, 0.3) is 5.91 Å². The third-order valence-electron chi connectivity index (χ3n) is 5.91. The number of thiophene rings is 1. The number of carbonyl (C=O) groups excluding carboxylic acids is 1. The second kappa shape index (κ2) is 5.18. The van der Waals surface area contributed by atoms with Gasteiger partial charge in [0.2, 0.25) is 0 Å². The van der Waals surface area contributed by atoms with E-state index in [0.717, 1.165) is 22.8 Å². The van der Waals surface area contributed by atoms with E-state index < -0.39 is 0 Å². The van der Waals surface area contributed by atoms with E-state index in [1.165, 1.54) is 0 Å². The van der Waals surface area contributed by atoms with Gasteiger partial charge in [0.1, 0.15) is 5.00 Å². The number of aryl methyl sites for hydroxylation is 2. The zero-order chi connectivity index (χ0) is 17.1. The van der Waals surface area contributed by atoms with Gasteiger partial charge in [-0.05, 0) is 43.8 Å². The third kappa shape index (κ3) is 1.96. The number of hydrogen-bond acceptors (Lipinski definition) is 4. The van der Waals surface area contributed by atoms with E-state index in [4.69, 9.17) is 0 Å². The van der Waals surface area contributed by atoms with Crippen LogP contribution >= 0.6 is 11.3 Å². The lowest BCUT2D eigenvalue weighted by Gasteiger charge is -2.21. The van der Waals surface area contributed by atoms with E-state index in [2.05, 4.69) is 16.7 Å². The molecule has 2 fully saturated rings. The van der Waals surface area contributed by atoms with Crippen molar-refractivity contribution in [3.8, 4) is 5.00 Å². The van der Waals surface area contributed by atoms with Crippen LogP contribution in [0.2, 0.25) is 0 Å². The summed E-state index contributed by atoms with van der Waals surface area (Å²) < 4.78 is 2.11. The SMILES string of the molecule is Cc1ccc(C)n1-c1sccc1C(=O)N1C[C@@]2(CO)C[C@@]2(CO)C1. The van der Waals surface area contributed by atoms with E-state index in [1.54, 1.807) is 16.2 Å². The number of amides is 1. The molecule has 2 N–H and O–H groups in total. The Hall–Kier alpha value is -1.63. The van der Waals surface area contributed by atoms with Crippen LogP contribution in [0, 0.1) is 24.7 Å². The number of piperidine rings is 1. The third-order valence-corrected chi connectivity index (χ3v) is 6.80. The zero-order valence-corrected chi connectivity index (χ0v) is 14.8. The Kier molecular flexibility index (Phi) is 3.43. The summed E-state index contributed by atoms with van der Waals surface area (Å²) in [6, 6.07) is 5.98. The molecular formula is C18H22N2O3S. The van der Waals surface area contributed by atoms with Crippen molar-refractivity contribution in [1.82, 2.24) is 9.47 Å². The molecular weight excluding hydrogens is 324 g/mol. The molecule has 1 aliphatic heterocycles. The van der Waals surface area contributed by atoms with Gasteiger partial charge in [0.05, 0.1) is 18.8 Å². The minimum absolute atomic E-state index is 0.00778. The molecule has 0 aromatic carbocycles. The average Bonchev–Trinajstić information content (AvgIpc) is 2.97. The maximum Gasteiger partial charge on any atom is 0.256 e. The van der Waals surface area contributed by atoms with E-state index in [0.29, 0.717) is 18.7 Å². The molecule has 2 aromatic heterocycles. The van der Waals surface area contributed by atoms with Crippen molar-refractivity contribution in [3.05, 3.63) is 40.5 Å². The maximum absolute atomic E-state index is 13.1. The van der Waals surface area contributed by atoms with Crippen LogP contribution in [0.4, 0.5) is 0 Å². The maximum atomic E-state index is 13.1. The Morgan fingerprint density at radius 1 is 1.12 bits per heavy atom. The number of aromatic nitrogens is 1. The highest BCUT2D eigenvalue weighted by atomic mass is 32.1. The smallest absolute Gasteiger partial charge is 0.256 e. The average molecular weight is 346 g/mol.